The van der Waals surface area contributed by atoms with E-state index in [9.17, 15) is 4.79 Å². The smallest absolute Gasteiger partial charge is 0.233 e. The van der Waals surface area contributed by atoms with Crippen molar-refractivity contribution < 1.29 is 9.53 Å². The number of hydrogen-bond acceptors (Lipinski definition) is 7. The summed E-state index contributed by atoms with van der Waals surface area (Å²) < 4.78 is 7.22. The summed E-state index contributed by atoms with van der Waals surface area (Å²) in [6, 6.07) is 22.0. The van der Waals surface area contributed by atoms with Crippen molar-refractivity contribution in [2.75, 3.05) is 43.4 Å². The summed E-state index contributed by atoms with van der Waals surface area (Å²) in [6.07, 6.45) is 0. The van der Waals surface area contributed by atoms with Crippen molar-refractivity contribution in [3.05, 3.63) is 66.7 Å². The summed E-state index contributed by atoms with van der Waals surface area (Å²) in [4.78, 5) is 17.1. The number of rotatable bonds is 7. The summed E-state index contributed by atoms with van der Waals surface area (Å²) in [5, 5.41) is 13.8. The van der Waals surface area contributed by atoms with Crippen LogP contribution < -0.4 is 9.64 Å². The van der Waals surface area contributed by atoms with Crippen LogP contribution in [0, 0.1) is 0 Å². The molecule has 174 valence electrons. The normalized spacial score (nSPS) is 13.9. The third-order valence-electron chi connectivity index (χ3n) is 5.77. The Hall–Kier alpha value is -3.59. The van der Waals surface area contributed by atoms with Gasteiger partial charge in [0.1, 0.15) is 5.75 Å². The fraction of sp³-hybridized carbons (Fsp3) is 0.280. The van der Waals surface area contributed by atoms with Gasteiger partial charge in [0.05, 0.1) is 18.1 Å². The van der Waals surface area contributed by atoms with E-state index in [1.165, 1.54) is 17.4 Å². The molecule has 8 nitrogen and oxygen atoms in total. The van der Waals surface area contributed by atoms with Crippen LogP contribution in [0.15, 0.2) is 71.9 Å². The van der Waals surface area contributed by atoms with Gasteiger partial charge in [0.2, 0.25) is 11.1 Å². The Morgan fingerprint density at radius 3 is 2.44 bits per heavy atom. The zero-order valence-corrected chi connectivity index (χ0v) is 19.8. The largest absolute Gasteiger partial charge is 0.494 e. The molecule has 3 heterocycles. The summed E-state index contributed by atoms with van der Waals surface area (Å²) in [6.45, 7) is 5.70. The Bertz CT molecular complexity index is 1250. The molecule has 0 radical (unpaired) electrons. The first kappa shape index (κ1) is 22.2. The average molecular weight is 475 g/mol. The quantitative estimate of drug-likeness (QED) is 0.379. The van der Waals surface area contributed by atoms with Gasteiger partial charge < -0.3 is 14.5 Å². The van der Waals surface area contributed by atoms with E-state index in [-0.39, 0.29) is 5.91 Å². The van der Waals surface area contributed by atoms with Gasteiger partial charge in [-0.05, 0) is 55.5 Å². The van der Waals surface area contributed by atoms with E-state index < -0.39 is 0 Å². The lowest BCUT2D eigenvalue weighted by Crippen LogP contribution is -2.49. The number of carbonyl (C=O) groups is 1. The molecule has 1 amide bonds. The molecule has 34 heavy (non-hydrogen) atoms. The lowest BCUT2D eigenvalue weighted by molar-refractivity contribution is -0.128. The first-order valence-electron chi connectivity index (χ1n) is 11.4. The zero-order valence-electron chi connectivity index (χ0n) is 19.0. The first-order chi connectivity index (χ1) is 16.7. The number of piperazine rings is 1. The SMILES string of the molecule is CCOc1ccc(-c2ccc3nnc(SCC(=O)N4CCN(c5ccccc5)CC4)n3n2)cc1. The molecular weight excluding hydrogens is 448 g/mol. The summed E-state index contributed by atoms with van der Waals surface area (Å²) >= 11 is 1.37. The second-order valence-corrected chi connectivity index (χ2v) is 8.86. The highest BCUT2D eigenvalue weighted by molar-refractivity contribution is 7.99. The summed E-state index contributed by atoms with van der Waals surface area (Å²) in [7, 11) is 0. The molecule has 0 aliphatic carbocycles. The van der Waals surface area contributed by atoms with Crippen LogP contribution in [0.2, 0.25) is 0 Å². The third-order valence-corrected chi connectivity index (χ3v) is 6.68. The van der Waals surface area contributed by atoms with E-state index in [0.717, 1.165) is 43.2 Å². The molecule has 0 spiro atoms. The molecule has 2 aromatic carbocycles. The van der Waals surface area contributed by atoms with Gasteiger partial charge in [-0.15, -0.1) is 10.2 Å². The fourth-order valence-electron chi connectivity index (χ4n) is 3.97. The molecule has 0 atom stereocenters. The molecule has 1 aliphatic heterocycles. The fourth-order valence-corrected chi connectivity index (χ4v) is 4.76. The molecule has 1 saturated heterocycles. The minimum Gasteiger partial charge on any atom is -0.494 e. The van der Waals surface area contributed by atoms with Crippen LogP contribution in [-0.4, -0.2) is 69.2 Å². The van der Waals surface area contributed by atoms with Crippen LogP contribution in [0.1, 0.15) is 6.92 Å². The molecule has 1 aliphatic rings. The Labute approximate surface area is 202 Å². The summed E-state index contributed by atoms with van der Waals surface area (Å²) in [5.41, 5.74) is 3.64. The van der Waals surface area contributed by atoms with Crippen LogP contribution >= 0.6 is 11.8 Å². The van der Waals surface area contributed by atoms with E-state index in [1.54, 1.807) is 4.52 Å². The van der Waals surface area contributed by atoms with E-state index >= 15 is 0 Å². The molecule has 5 rings (SSSR count). The molecule has 1 fully saturated rings. The number of amides is 1. The van der Waals surface area contributed by atoms with E-state index in [2.05, 4.69) is 27.2 Å². The number of anilines is 1. The van der Waals surface area contributed by atoms with Gasteiger partial charge in [0, 0.05) is 37.4 Å². The zero-order chi connectivity index (χ0) is 23.3. The highest BCUT2D eigenvalue weighted by Crippen LogP contribution is 2.23. The molecular formula is C25H26N6O2S. The minimum atomic E-state index is 0.108. The molecule has 0 bridgehead atoms. The molecule has 0 unspecified atom stereocenters. The maximum absolute atomic E-state index is 12.8. The maximum Gasteiger partial charge on any atom is 0.233 e. The van der Waals surface area contributed by atoms with Gasteiger partial charge in [0.25, 0.3) is 0 Å². The van der Waals surface area contributed by atoms with Crippen LogP contribution in [0.4, 0.5) is 5.69 Å². The van der Waals surface area contributed by atoms with Gasteiger partial charge in [0.15, 0.2) is 5.65 Å². The van der Waals surface area contributed by atoms with Crippen molar-refractivity contribution in [3.63, 3.8) is 0 Å². The van der Waals surface area contributed by atoms with E-state index in [4.69, 9.17) is 9.84 Å². The van der Waals surface area contributed by atoms with Crippen LogP contribution in [-0.2, 0) is 4.79 Å². The van der Waals surface area contributed by atoms with Gasteiger partial charge >= 0.3 is 0 Å². The number of fused-ring (bicyclic) bond motifs is 1. The van der Waals surface area contributed by atoms with Gasteiger partial charge in [-0.3, -0.25) is 4.79 Å². The lowest BCUT2D eigenvalue weighted by Gasteiger charge is -2.36. The predicted molar refractivity (Wildman–Crippen MR) is 133 cm³/mol. The molecule has 4 aromatic rings. The maximum atomic E-state index is 12.8. The van der Waals surface area contributed by atoms with Crippen molar-refractivity contribution in [2.45, 2.75) is 12.1 Å². The first-order valence-corrected chi connectivity index (χ1v) is 12.4. The van der Waals surface area contributed by atoms with E-state index in [0.29, 0.717) is 23.2 Å². The van der Waals surface area contributed by atoms with Crippen molar-refractivity contribution in [2.24, 2.45) is 0 Å². The van der Waals surface area contributed by atoms with Crippen molar-refractivity contribution in [3.8, 4) is 17.0 Å². The minimum absolute atomic E-state index is 0.108. The van der Waals surface area contributed by atoms with Crippen LogP contribution in [0.3, 0.4) is 0 Å². The Morgan fingerprint density at radius 1 is 0.941 bits per heavy atom. The Kier molecular flexibility index (Phi) is 6.62. The second kappa shape index (κ2) is 10.1. The highest BCUT2D eigenvalue weighted by Gasteiger charge is 2.22. The number of nitrogens with zero attached hydrogens (tertiary/aromatic N) is 6. The molecule has 2 aromatic heterocycles. The monoisotopic (exact) mass is 474 g/mol. The highest BCUT2D eigenvalue weighted by atomic mass is 32.2. The number of hydrogen-bond donors (Lipinski definition) is 0. The Balaban J connectivity index is 1.22. The number of para-hydroxylation sites is 1. The van der Waals surface area contributed by atoms with E-state index in [1.807, 2.05) is 66.4 Å². The number of carbonyl (C=O) groups excluding carboxylic acids is 1. The Morgan fingerprint density at radius 2 is 1.71 bits per heavy atom. The topological polar surface area (TPSA) is 75.9 Å². The van der Waals surface area contributed by atoms with Gasteiger partial charge in [-0.25, -0.2) is 0 Å². The van der Waals surface area contributed by atoms with Crippen LogP contribution in [0.5, 0.6) is 5.75 Å². The lowest BCUT2D eigenvalue weighted by atomic mass is 10.1. The van der Waals surface area contributed by atoms with Crippen LogP contribution in [0.25, 0.3) is 16.9 Å². The third kappa shape index (κ3) is 4.84. The second-order valence-electron chi connectivity index (χ2n) is 7.92. The number of thioether (sulfide) groups is 1. The number of benzene rings is 2. The van der Waals surface area contributed by atoms with Crippen molar-refractivity contribution in [1.29, 1.82) is 0 Å². The number of ether oxygens (including phenoxy) is 1. The standard InChI is InChI=1S/C25H26N6O2S/c1-2-33-21-10-8-19(9-11-21)22-12-13-23-26-27-25(31(23)28-22)34-18-24(32)30-16-14-29(15-17-30)20-6-4-3-5-7-20/h3-13H,2,14-18H2,1H3. The molecule has 0 N–H and O–H groups in total. The molecule has 0 saturated carbocycles. The van der Waals surface area contributed by atoms with Crippen molar-refractivity contribution >= 4 is 29.0 Å². The average Bonchev–Trinajstić information content (AvgIpc) is 3.31. The summed E-state index contributed by atoms with van der Waals surface area (Å²) in [5.74, 6) is 1.24. The number of aromatic nitrogens is 4. The predicted octanol–water partition coefficient (Wildman–Crippen LogP) is 3.63. The van der Waals surface area contributed by atoms with Gasteiger partial charge in [-0.2, -0.15) is 9.61 Å². The molecule has 9 heteroatoms. The van der Waals surface area contributed by atoms with Crippen molar-refractivity contribution in [1.82, 2.24) is 24.7 Å². The van der Waals surface area contributed by atoms with Gasteiger partial charge in [-0.1, -0.05) is 30.0 Å².